The van der Waals surface area contributed by atoms with Crippen LogP contribution in [0.25, 0.3) is 0 Å². The summed E-state index contributed by atoms with van der Waals surface area (Å²) in [5, 5.41) is 21.7. The van der Waals surface area contributed by atoms with Crippen molar-refractivity contribution in [3.8, 4) is 11.6 Å². The van der Waals surface area contributed by atoms with Gasteiger partial charge in [-0.1, -0.05) is 12.1 Å². The average molecular weight is 259 g/mol. The summed E-state index contributed by atoms with van der Waals surface area (Å²) in [6.07, 6.45) is 1.31. The van der Waals surface area contributed by atoms with E-state index in [1.807, 2.05) is 0 Å². The minimum Gasteiger partial charge on any atom is -0.545 e. The molecular formula is C12H7N2O5-. The van der Waals surface area contributed by atoms with Gasteiger partial charge in [0.15, 0.2) is 0 Å². The highest BCUT2D eigenvalue weighted by Crippen LogP contribution is 2.30. The SMILES string of the molecule is O=C([O-])c1ccccc1Oc1ncccc1[N+](=O)[O-]. The molecule has 7 heteroatoms. The quantitative estimate of drug-likeness (QED) is 0.602. The first kappa shape index (κ1) is 12.5. The van der Waals surface area contributed by atoms with Crippen molar-refractivity contribution in [2.24, 2.45) is 0 Å². The number of hydrogen-bond donors (Lipinski definition) is 0. The molecule has 2 rings (SSSR count). The van der Waals surface area contributed by atoms with Crippen LogP contribution in [0.5, 0.6) is 11.6 Å². The van der Waals surface area contributed by atoms with E-state index in [-0.39, 0.29) is 22.9 Å². The lowest BCUT2D eigenvalue weighted by atomic mass is 10.2. The third kappa shape index (κ3) is 2.65. The Morgan fingerprint density at radius 3 is 2.63 bits per heavy atom. The minimum absolute atomic E-state index is 0.0655. The number of carbonyl (C=O) groups is 1. The number of nitro groups is 1. The van der Waals surface area contributed by atoms with Crippen molar-refractivity contribution in [3.63, 3.8) is 0 Å². The smallest absolute Gasteiger partial charge is 0.331 e. The lowest BCUT2D eigenvalue weighted by Crippen LogP contribution is -2.22. The number of carboxylic acid groups (broad SMARTS) is 1. The van der Waals surface area contributed by atoms with E-state index < -0.39 is 10.9 Å². The lowest BCUT2D eigenvalue weighted by Gasteiger charge is -2.10. The Morgan fingerprint density at radius 1 is 1.21 bits per heavy atom. The zero-order chi connectivity index (χ0) is 13.8. The first-order valence-corrected chi connectivity index (χ1v) is 5.17. The predicted octanol–water partition coefficient (Wildman–Crippen LogP) is 1.15. The van der Waals surface area contributed by atoms with Gasteiger partial charge in [-0.25, -0.2) is 4.98 Å². The Hall–Kier alpha value is -2.96. The largest absolute Gasteiger partial charge is 0.545 e. The highest BCUT2D eigenvalue weighted by Gasteiger charge is 2.17. The van der Waals surface area contributed by atoms with E-state index in [4.69, 9.17) is 4.74 Å². The summed E-state index contributed by atoms with van der Waals surface area (Å²) in [7, 11) is 0. The van der Waals surface area contributed by atoms with Gasteiger partial charge in [-0.15, -0.1) is 0 Å². The molecule has 0 aliphatic heterocycles. The first-order chi connectivity index (χ1) is 9.09. The van der Waals surface area contributed by atoms with E-state index in [9.17, 15) is 20.0 Å². The van der Waals surface area contributed by atoms with Crippen molar-refractivity contribution < 1.29 is 19.6 Å². The second kappa shape index (κ2) is 5.13. The Bertz CT molecular complexity index is 586. The molecule has 0 spiro atoms. The van der Waals surface area contributed by atoms with Crippen LogP contribution in [-0.2, 0) is 0 Å². The summed E-state index contributed by atoms with van der Waals surface area (Å²) >= 11 is 0. The number of aromatic carboxylic acids is 1. The van der Waals surface area contributed by atoms with Crippen LogP contribution >= 0.6 is 0 Å². The number of nitrogens with zero attached hydrogens (tertiary/aromatic N) is 2. The molecule has 0 saturated heterocycles. The van der Waals surface area contributed by atoms with Crippen molar-refractivity contribution in [2.45, 2.75) is 0 Å². The molecule has 1 heterocycles. The van der Waals surface area contributed by atoms with Gasteiger partial charge in [-0.2, -0.15) is 0 Å². The summed E-state index contributed by atoms with van der Waals surface area (Å²) in [5.74, 6) is -1.78. The lowest BCUT2D eigenvalue weighted by molar-refractivity contribution is -0.386. The predicted molar refractivity (Wildman–Crippen MR) is 61.7 cm³/mol. The van der Waals surface area contributed by atoms with Gasteiger partial charge in [0.25, 0.3) is 5.88 Å². The van der Waals surface area contributed by atoms with Crippen LogP contribution in [0.4, 0.5) is 5.69 Å². The van der Waals surface area contributed by atoms with E-state index in [2.05, 4.69) is 4.98 Å². The molecule has 19 heavy (non-hydrogen) atoms. The maximum Gasteiger partial charge on any atom is 0.331 e. The molecule has 0 fully saturated rings. The summed E-state index contributed by atoms with van der Waals surface area (Å²) in [5.41, 5.74) is -0.557. The Morgan fingerprint density at radius 2 is 1.95 bits per heavy atom. The fourth-order valence-corrected chi connectivity index (χ4v) is 1.43. The first-order valence-electron chi connectivity index (χ1n) is 5.17. The van der Waals surface area contributed by atoms with Gasteiger partial charge < -0.3 is 14.6 Å². The topological polar surface area (TPSA) is 105 Å². The van der Waals surface area contributed by atoms with Gasteiger partial charge in [0, 0.05) is 17.8 Å². The second-order valence-electron chi connectivity index (χ2n) is 3.47. The molecule has 0 amide bonds. The summed E-state index contributed by atoms with van der Waals surface area (Å²) in [6.45, 7) is 0. The number of hydrogen-bond acceptors (Lipinski definition) is 6. The van der Waals surface area contributed by atoms with E-state index >= 15 is 0 Å². The molecular weight excluding hydrogens is 252 g/mol. The van der Waals surface area contributed by atoms with Gasteiger partial charge in [-0.3, -0.25) is 10.1 Å². The molecule has 1 aromatic heterocycles. The number of aromatic nitrogens is 1. The van der Waals surface area contributed by atoms with Crippen molar-refractivity contribution in [3.05, 3.63) is 58.3 Å². The molecule has 0 aliphatic carbocycles. The van der Waals surface area contributed by atoms with Gasteiger partial charge in [-0.05, 0) is 18.2 Å². The van der Waals surface area contributed by atoms with Crippen molar-refractivity contribution in [2.75, 3.05) is 0 Å². The van der Waals surface area contributed by atoms with Gasteiger partial charge in [0.1, 0.15) is 5.75 Å². The highest BCUT2D eigenvalue weighted by molar-refractivity contribution is 5.89. The van der Waals surface area contributed by atoms with Crippen LogP contribution in [-0.4, -0.2) is 15.9 Å². The van der Waals surface area contributed by atoms with Crippen LogP contribution < -0.4 is 9.84 Å². The fraction of sp³-hybridized carbons (Fsp3) is 0. The van der Waals surface area contributed by atoms with Gasteiger partial charge in [0.05, 0.1) is 10.9 Å². The summed E-state index contributed by atoms with van der Waals surface area (Å²) < 4.78 is 5.19. The molecule has 0 saturated carbocycles. The maximum absolute atomic E-state index is 10.9. The molecule has 0 radical (unpaired) electrons. The number of para-hydroxylation sites is 1. The standard InChI is InChI=1S/C12H8N2O5/c15-12(16)8-4-1-2-6-10(8)19-11-9(14(17)18)5-3-7-13-11/h1-7H,(H,15,16)/p-1. The molecule has 2 aromatic rings. The normalized spacial score (nSPS) is 9.89. The van der Waals surface area contributed by atoms with E-state index in [0.29, 0.717) is 0 Å². The number of pyridine rings is 1. The van der Waals surface area contributed by atoms with E-state index in [1.54, 1.807) is 0 Å². The maximum atomic E-state index is 10.9. The zero-order valence-corrected chi connectivity index (χ0v) is 9.48. The molecule has 96 valence electrons. The van der Waals surface area contributed by atoms with Gasteiger partial charge in [0.2, 0.25) is 0 Å². The van der Waals surface area contributed by atoms with Crippen LogP contribution in [0.3, 0.4) is 0 Å². The van der Waals surface area contributed by atoms with Crippen molar-refractivity contribution in [1.82, 2.24) is 4.98 Å². The molecule has 0 N–H and O–H groups in total. The van der Waals surface area contributed by atoms with Crippen LogP contribution in [0, 0.1) is 10.1 Å². The number of carboxylic acids is 1. The molecule has 1 aromatic carbocycles. The number of ether oxygens (including phenoxy) is 1. The zero-order valence-electron chi connectivity index (χ0n) is 9.48. The summed E-state index contributed by atoms with van der Waals surface area (Å²) in [6, 6.07) is 8.27. The van der Waals surface area contributed by atoms with Crippen LogP contribution in [0.1, 0.15) is 10.4 Å². The molecule has 7 nitrogen and oxygen atoms in total. The third-order valence-corrected chi connectivity index (χ3v) is 2.26. The average Bonchev–Trinajstić information content (AvgIpc) is 2.39. The second-order valence-corrected chi connectivity index (χ2v) is 3.47. The number of rotatable bonds is 4. The Kier molecular flexibility index (Phi) is 3.37. The molecule has 0 bridgehead atoms. The van der Waals surface area contributed by atoms with Gasteiger partial charge >= 0.3 is 5.69 Å². The Balaban J connectivity index is 2.42. The van der Waals surface area contributed by atoms with E-state index in [0.717, 1.165) is 0 Å². The minimum atomic E-state index is -1.44. The number of carbonyl (C=O) groups excluding carboxylic acids is 1. The third-order valence-electron chi connectivity index (χ3n) is 2.26. The Labute approximate surface area is 107 Å². The van der Waals surface area contributed by atoms with Crippen LogP contribution in [0.15, 0.2) is 42.6 Å². The molecule has 0 atom stereocenters. The van der Waals surface area contributed by atoms with Crippen LogP contribution in [0.2, 0.25) is 0 Å². The monoisotopic (exact) mass is 259 g/mol. The van der Waals surface area contributed by atoms with E-state index in [1.165, 1.54) is 42.6 Å². The van der Waals surface area contributed by atoms with Crippen molar-refractivity contribution in [1.29, 1.82) is 0 Å². The molecule has 0 unspecified atom stereocenters. The highest BCUT2D eigenvalue weighted by atomic mass is 16.6. The molecule has 0 aliphatic rings. The summed E-state index contributed by atoms with van der Waals surface area (Å²) in [4.78, 5) is 24.7. The fourth-order valence-electron chi connectivity index (χ4n) is 1.43. The van der Waals surface area contributed by atoms with Crippen molar-refractivity contribution >= 4 is 11.7 Å². The number of benzene rings is 1.